The van der Waals surface area contributed by atoms with Gasteiger partial charge < -0.3 is 9.72 Å². The van der Waals surface area contributed by atoms with Gasteiger partial charge in [-0.05, 0) is 11.8 Å². The minimum atomic E-state index is -0.377. The van der Waals surface area contributed by atoms with E-state index in [0.717, 1.165) is 6.42 Å². The van der Waals surface area contributed by atoms with Crippen LogP contribution < -0.4 is 10.3 Å². The molecule has 0 aliphatic carbocycles. The lowest BCUT2D eigenvalue weighted by atomic mass is 9.93. The second-order valence-corrected chi connectivity index (χ2v) is 4.89. The normalized spacial score (nSPS) is 11.5. The largest absolute Gasteiger partial charge is 0.476 e. The van der Waals surface area contributed by atoms with E-state index in [4.69, 9.17) is 16.3 Å². The summed E-state index contributed by atoms with van der Waals surface area (Å²) in [7, 11) is 0. The van der Waals surface area contributed by atoms with E-state index < -0.39 is 0 Å². The number of hydrogen-bond donors (Lipinski definition) is 1. The van der Waals surface area contributed by atoms with Crippen molar-refractivity contribution in [2.24, 2.45) is 5.41 Å². The highest BCUT2D eigenvalue weighted by Gasteiger charge is 2.12. The summed E-state index contributed by atoms with van der Waals surface area (Å²) < 4.78 is 5.33. The molecule has 84 valence electrons. The molecule has 0 aliphatic rings. The van der Waals surface area contributed by atoms with Crippen LogP contribution in [0.5, 0.6) is 5.88 Å². The maximum absolute atomic E-state index is 11.1. The summed E-state index contributed by atoms with van der Waals surface area (Å²) in [6.45, 7) is 6.84. The summed E-state index contributed by atoms with van der Waals surface area (Å²) >= 11 is 5.71. The number of hydrogen-bond acceptors (Lipinski definition) is 3. The van der Waals surface area contributed by atoms with Crippen LogP contribution in [0.3, 0.4) is 0 Å². The van der Waals surface area contributed by atoms with Gasteiger partial charge in [0.15, 0.2) is 5.02 Å². The highest BCUT2D eigenvalue weighted by Crippen LogP contribution is 2.20. The van der Waals surface area contributed by atoms with Crippen LogP contribution in [0.4, 0.5) is 0 Å². The first kappa shape index (κ1) is 12.0. The summed E-state index contributed by atoms with van der Waals surface area (Å²) in [4.78, 5) is 17.3. The number of aromatic amines is 1. The maximum atomic E-state index is 11.1. The molecule has 0 aliphatic heterocycles. The fraction of sp³-hybridized carbons (Fsp3) is 0.600. The van der Waals surface area contributed by atoms with Gasteiger partial charge in [-0.3, -0.25) is 4.79 Å². The van der Waals surface area contributed by atoms with Gasteiger partial charge in [0.1, 0.15) is 0 Å². The fourth-order valence-corrected chi connectivity index (χ4v) is 1.08. The number of aromatic nitrogens is 2. The average molecular weight is 231 g/mol. The summed E-state index contributed by atoms with van der Waals surface area (Å²) in [5, 5.41) is 0.00593. The smallest absolute Gasteiger partial charge is 0.273 e. The summed E-state index contributed by atoms with van der Waals surface area (Å²) in [5.74, 6) is 0.199. The molecule has 0 spiro atoms. The molecule has 0 saturated carbocycles. The van der Waals surface area contributed by atoms with Crippen molar-refractivity contribution in [2.45, 2.75) is 27.2 Å². The van der Waals surface area contributed by atoms with Crippen molar-refractivity contribution in [3.63, 3.8) is 0 Å². The van der Waals surface area contributed by atoms with Crippen LogP contribution >= 0.6 is 11.6 Å². The van der Waals surface area contributed by atoms with Crippen molar-refractivity contribution in [3.8, 4) is 5.88 Å². The van der Waals surface area contributed by atoms with Gasteiger partial charge in [-0.15, -0.1) is 0 Å². The monoisotopic (exact) mass is 230 g/mol. The Labute approximate surface area is 93.6 Å². The molecule has 1 rings (SSSR count). The van der Waals surface area contributed by atoms with E-state index >= 15 is 0 Å². The zero-order valence-corrected chi connectivity index (χ0v) is 9.89. The molecule has 4 nitrogen and oxygen atoms in total. The standard InChI is InChI=1S/C10H15ClN2O2/c1-10(2,3)4-5-15-9-7(11)8(14)12-6-13-9/h6H,4-5H2,1-3H3,(H,12,13,14). The minimum Gasteiger partial charge on any atom is -0.476 e. The molecule has 15 heavy (non-hydrogen) atoms. The predicted molar refractivity (Wildman–Crippen MR) is 59.4 cm³/mol. The first-order chi connectivity index (χ1) is 6.90. The first-order valence-electron chi connectivity index (χ1n) is 4.76. The Morgan fingerprint density at radius 3 is 2.80 bits per heavy atom. The first-order valence-corrected chi connectivity index (χ1v) is 5.14. The third-order valence-electron chi connectivity index (χ3n) is 1.86. The second-order valence-electron chi connectivity index (χ2n) is 4.51. The van der Waals surface area contributed by atoms with Gasteiger partial charge in [-0.1, -0.05) is 32.4 Å². The lowest BCUT2D eigenvalue weighted by Gasteiger charge is -2.17. The number of nitrogens with zero attached hydrogens (tertiary/aromatic N) is 1. The number of H-pyrrole nitrogens is 1. The van der Waals surface area contributed by atoms with Gasteiger partial charge in [0.05, 0.1) is 12.9 Å². The molecule has 0 radical (unpaired) electrons. The van der Waals surface area contributed by atoms with Crippen molar-refractivity contribution in [1.82, 2.24) is 9.97 Å². The highest BCUT2D eigenvalue weighted by atomic mass is 35.5. The van der Waals surface area contributed by atoms with Gasteiger partial charge in [-0.2, -0.15) is 0 Å². The Morgan fingerprint density at radius 2 is 2.20 bits per heavy atom. The quantitative estimate of drug-likeness (QED) is 0.867. The zero-order chi connectivity index (χ0) is 11.5. The molecule has 0 saturated heterocycles. The van der Waals surface area contributed by atoms with Crippen LogP contribution in [-0.4, -0.2) is 16.6 Å². The Balaban J connectivity index is 2.59. The molecule has 5 heteroatoms. The predicted octanol–water partition coefficient (Wildman–Crippen LogP) is 2.24. The Bertz CT molecular complexity index is 382. The Kier molecular flexibility index (Phi) is 3.74. The third-order valence-corrected chi connectivity index (χ3v) is 2.19. The van der Waals surface area contributed by atoms with E-state index in [2.05, 4.69) is 30.7 Å². The number of halogens is 1. The molecule has 0 aromatic carbocycles. The van der Waals surface area contributed by atoms with Gasteiger partial charge >= 0.3 is 0 Å². The van der Waals surface area contributed by atoms with E-state index in [1.54, 1.807) is 0 Å². The summed E-state index contributed by atoms with van der Waals surface area (Å²) in [5.41, 5.74) is -0.189. The van der Waals surface area contributed by atoms with E-state index in [0.29, 0.717) is 6.61 Å². The molecule has 1 aromatic heterocycles. The van der Waals surface area contributed by atoms with Crippen molar-refractivity contribution in [1.29, 1.82) is 0 Å². The van der Waals surface area contributed by atoms with E-state index in [1.165, 1.54) is 6.33 Å². The lowest BCUT2D eigenvalue weighted by molar-refractivity contribution is 0.236. The summed E-state index contributed by atoms with van der Waals surface area (Å²) in [6.07, 6.45) is 2.15. The molecule has 0 amide bonds. The van der Waals surface area contributed by atoms with Crippen LogP contribution in [0.2, 0.25) is 5.02 Å². The van der Waals surface area contributed by atoms with Gasteiger partial charge in [0, 0.05) is 0 Å². The SMILES string of the molecule is CC(C)(C)CCOc1nc[nH]c(=O)c1Cl. The summed E-state index contributed by atoms with van der Waals surface area (Å²) in [6, 6.07) is 0. The molecule has 0 bridgehead atoms. The zero-order valence-electron chi connectivity index (χ0n) is 9.13. The molecule has 0 fully saturated rings. The van der Waals surface area contributed by atoms with Crippen LogP contribution in [-0.2, 0) is 0 Å². The Hall–Kier alpha value is -1.03. The van der Waals surface area contributed by atoms with Crippen molar-refractivity contribution >= 4 is 11.6 Å². The Morgan fingerprint density at radius 1 is 1.53 bits per heavy atom. The molecule has 1 aromatic rings. The second kappa shape index (κ2) is 4.66. The van der Waals surface area contributed by atoms with Gasteiger partial charge in [0.2, 0.25) is 5.88 Å². The molecule has 1 heterocycles. The topological polar surface area (TPSA) is 55.0 Å². The van der Waals surface area contributed by atoms with Crippen LogP contribution in [0.15, 0.2) is 11.1 Å². The van der Waals surface area contributed by atoms with Crippen molar-refractivity contribution in [2.75, 3.05) is 6.61 Å². The van der Waals surface area contributed by atoms with Crippen LogP contribution in [0.1, 0.15) is 27.2 Å². The average Bonchev–Trinajstić information content (AvgIpc) is 2.10. The number of ether oxygens (including phenoxy) is 1. The van der Waals surface area contributed by atoms with Crippen LogP contribution in [0, 0.1) is 5.41 Å². The molecule has 0 atom stereocenters. The molecule has 1 N–H and O–H groups in total. The molecule has 0 unspecified atom stereocenters. The molecular weight excluding hydrogens is 216 g/mol. The fourth-order valence-electron chi connectivity index (χ4n) is 0.921. The maximum Gasteiger partial charge on any atom is 0.273 e. The van der Waals surface area contributed by atoms with Crippen molar-refractivity contribution < 1.29 is 4.74 Å². The van der Waals surface area contributed by atoms with E-state index in [-0.39, 0.29) is 21.9 Å². The van der Waals surface area contributed by atoms with Crippen molar-refractivity contribution in [3.05, 3.63) is 21.7 Å². The third kappa shape index (κ3) is 3.91. The van der Waals surface area contributed by atoms with E-state index in [9.17, 15) is 4.79 Å². The number of rotatable bonds is 3. The highest BCUT2D eigenvalue weighted by molar-refractivity contribution is 6.31. The number of nitrogens with one attached hydrogen (secondary N) is 1. The minimum absolute atomic E-state index is 0.00593. The van der Waals surface area contributed by atoms with E-state index in [1.807, 2.05) is 0 Å². The lowest BCUT2D eigenvalue weighted by Crippen LogP contribution is -2.14. The van der Waals surface area contributed by atoms with Gasteiger partial charge in [-0.25, -0.2) is 4.98 Å². The molecular formula is C10H15ClN2O2. The van der Waals surface area contributed by atoms with Gasteiger partial charge in [0.25, 0.3) is 5.56 Å². The van der Waals surface area contributed by atoms with Crippen LogP contribution in [0.25, 0.3) is 0 Å².